The monoisotopic (exact) mass is 445 g/mol. The van der Waals surface area contributed by atoms with E-state index in [9.17, 15) is 18.0 Å². The number of ether oxygens (including phenoxy) is 1. The van der Waals surface area contributed by atoms with E-state index in [1.807, 2.05) is 0 Å². The molecular weight excluding hydrogens is 418 g/mol. The molecule has 0 heterocycles. The number of aryl methyl sites for hydroxylation is 2. The normalized spacial score (nSPS) is 13.5. The fourth-order valence-electron chi connectivity index (χ4n) is 3.11. The highest BCUT2D eigenvalue weighted by atomic mass is 32.2. The molecule has 3 rings (SSSR count). The number of carbonyl (C=O) groups is 2. The van der Waals surface area contributed by atoms with Gasteiger partial charge in [0.25, 0.3) is 5.91 Å². The molecule has 8 nitrogen and oxygen atoms in total. The SMILES string of the molecule is COc1cc(C)c(S(=O)(=O)NCCNC(=O)c2ccc(NC(=O)C3CC3)cc2)cc1C. The van der Waals surface area contributed by atoms with Gasteiger partial charge < -0.3 is 15.4 Å². The van der Waals surface area contributed by atoms with Gasteiger partial charge in [0.05, 0.1) is 12.0 Å². The van der Waals surface area contributed by atoms with Crippen molar-refractivity contribution in [3.8, 4) is 5.75 Å². The smallest absolute Gasteiger partial charge is 0.251 e. The number of carbonyl (C=O) groups excluding carboxylic acids is 2. The van der Waals surface area contributed by atoms with Gasteiger partial charge >= 0.3 is 0 Å². The molecule has 2 aromatic rings. The van der Waals surface area contributed by atoms with Gasteiger partial charge in [-0.15, -0.1) is 0 Å². The van der Waals surface area contributed by atoms with Crippen molar-refractivity contribution >= 4 is 27.5 Å². The van der Waals surface area contributed by atoms with Crippen molar-refractivity contribution in [2.75, 3.05) is 25.5 Å². The molecule has 31 heavy (non-hydrogen) atoms. The van der Waals surface area contributed by atoms with E-state index >= 15 is 0 Å². The number of nitrogens with one attached hydrogen (secondary N) is 3. The maximum atomic E-state index is 12.6. The van der Waals surface area contributed by atoms with Gasteiger partial charge in [-0.25, -0.2) is 13.1 Å². The van der Waals surface area contributed by atoms with Crippen LogP contribution in [-0.2, 0) is 14.8 Å². The fraction of sp³-hybridized carbons (Fsp3) is 0.364. The number of rotatable bonds is 9. The molecule has 0 aliphatic heterocycles. The lowest BCUT2D eigenvalue weighted by Gasteiger charge is -2.13. The molecular formula is C22H27N3O5S. The maximum Gasteiger partial charge on any atom is 0.251 e. The van der Waals surface area contributed by atoms with Crippen LogP contribution in [0.3, 0.4) is 0 Å². The first-order valence-corrected chi connectivity index (χ1v) is 11.5. The van der Waals surface area contributed by atoms with Crippen LogP contribution in [0, 0.1) is 19.8 Å². The van der Waals surface area contributed by atoms with Crippen LogP contribution in [0.25, 0.3) is 0 Å². The Balaban J connectivity index is 1.50. The summed E-state index contributed by atoms with van der Waals surface area (Å²) >= 11 is 0. The van der Waals surface area contributed by atoms with E-state index in [0.29, 0.717) is 22.6 Å². The predicted molar refractivity (Wildman–Crippen MR) is 118 cm³/mol. The van der Waals surface area contributed by atoms with E-state index in [0.717, 1.165) is 18.4 Å². The lowest BCUT2D eigenvalue weighted by atomic mass is 10.1. The van der Waals surface area contributed by atoms with Crippen molar-refractivity contribution in [3.63, 3.8) is 0 Å². The second-order valence-corrected chi connectivity index (χ2v) is 9.32. The third-order valence-electron chi connectivity index (χ3n) is 5.05. The number of hydrogen-bond acceptors (Lipinski definition) is 5. The molecule has 2 aromatic carbocycles. The van der Waals surface area contributed by atoms with Gasteiger partial charge in [0.15, 0.2) is 0 Å². The van der Waals surface area contributed by atoms with Crippen molar-refractivity contribution in [1.82, 2.24) is 10.0 Å². The van der Waals surface area contributed by atoms with E-state index < -0.39 is 10.0 Å². The molecule has 0 bridgehead atoms. The third-order valence-corrected chi connectivity index (χ3v) is 6.65. The molecule has 0 atom stereocenters. The molecule has 0 unspecified atom stereocenters. The number of methoxy groups -OCH3 is 1. The van der Waals surface area contributed by atoms with Crippen molar-refractivity contribution in [2.45, 2.75) is 31.6 Å². The zero-order valence-corrected chi connectivity index (χ0v) is 18.6. The first-order chi connectivity index (χ1) is 14.7. The third kappa shape index (κ3) is 5.83. The summed E-state index contributed by atoms with van der Waals surface area (Å²) in [5, 5.41) is 5.50. The average Bonchev–Trinajstić information content (AvgIpc) is 3.58. The van der Waals surface area contributed by atoms with Crippen LogP contribution in [0.5, 0.6) is 5.75 Å². The van der Waals surface area contributed by atoms with Gasteiger partial charge in [0.2, 0.25) is 15.9 Å². The molecule has 3 N–H and O–H groups in total. The maximum absolute atomic E-state index is 12.6. The molecule has 0 aromatic heterocycles. The lowest BCUT2D eigenvalue weighted by Crippen LogP contribution is -2.35. The summed E-state index contributed by atoms with van der Waals surface area (Å²) in [5.74, 6) is 0.418. The van der Waals surface area contributed by atoms with E-state index in [2.05, 4.69) is 15.4 Å². The van der Waals surface area contributed by atoms with Crippen molar-refractivity contribution in [3.05, 3.63) is 53.1 Å². The Hall–Kier alpha value is -2.91. The van der Waals surface area contributed by atoms with E-state index in [1.54, 1.807) is 50.2 Å². The average molecular weight is 446 g/mol. The van der Waals surface area contributed by atoms with Crippen LogP contribution < -0.4 is 20.1 Å². The summed E-state index contributed by atoms with van der Waals surface area (Å²) in [5.41, 5.74) is 2.37. The first-order valence-electron chi connectivity index (χ1n) is 10.1. The summed E-state index contributed by atoms with van der Waals surface area (Å²) in [6.07, 6.45) is 1.85. The zero-order valence-electron chi connectivity index (χ0n) is 17.8. The Morgan fingerprint density at radius 1 is 1.03 bits per heavy atom. The summed E-state index contributed by atoms with van der Waals surface area (Å²) < 4.78 is 32.9. The van der Waals surface area contributed by atoms with Crippen LogP contribution >= 0.6 is 0 Å². The van der Waals surface area contributed by atoms with Crippen LogP contribution in [0.1, 0.15) is 34.3 Å². The van der Waals surface area contributed by atoms with E-state index in [1.165, 1.54) is 7.11 Å². The topological polar surface area (TPSA) is 114 Å². The van der Waals surface area contributed by atoms with Gasteiger partial charge in [-0.3, -0.25) is 9.59 Å². The largest absolute Gasteiger partial charge is 0.496 e. The molecule has 1 aliphatic rings. The molecule has 0 saturated heterocycles. The number of amides is 2. The summed E-state index contributed by atoms with van der Waals surface area (Å²) in [6.45, 7) is 3.66. The van der Waals surface area contributed by atoms with E-state index in [-0.39, 0.29) is 35.7 Å². The highest BCUT2D eigenvalue weighted by Gasteiger charge is 2.29. The van der Waals surface area contributed by atoms with E-state index in [4.69, 9.17) is 4.74 Å². The summed E-state index contributed by atoms with van der Waals surface area (Å²) in [4.78, 5) is 24.2. The fourth-order valence-corrected chi connectivity index (χ4v) is 4.45. The highest BCUT2D eigenvalue weighted by molar-refractivity contribution is 7.89. The van der Waals surface area contributed by atoms with Gasteiger partial charge in [-0.2, -0.15) is 0 Å². The molecule has 1 saturated carbocycles. The first kappa shape index (κ1) is 22.8. The Morgan fingerprint density at radius 3 is 2.32 bits per heavy atom. The quantitative estimate of drug-likeness (QED) is 0.513. The molecule has 166 valence electrons. The second-order valence-electron chi connectivity index (χ2n) is 7.58. The minimum absolute atomic E-state index is 0.00627. The predicted octanol–water partition coefficient (Wildman–Crippen LogP) is 2.37. The minimum atomic E-state index is -3.72. The standard InChI is InChI=1S/C22H27N3O5S/c1-14-13-20(15(2)12-19(14)30-3)31(28,29)24-11-10-23-21(26)16-6-8-18(9-7-16)25-22(27)17-4-5-17/h6-9,12-13,17,24H,4-5,10-11H2,1-3H3,(H,23,26)(H,25,27). The Morgan fingerprint density at radius 2 is 1.71 bits per heavy atom. The van der Waals surface area contributed by atoms with Crippen molar-refractivity contribution in [2.24, 2.45) is 5.92 Å². The molecule has 9 heteroatoms. The number of hydrogen-bond donors (Lipinski definition) is 3. The number of sulfonamides is 1. The lowest BCUT2D eigenvalue weighted by molar-refractivity contribution is -0.117. The van der Waals surface area contributed by atoms with Crippen LogP contribution in [0.15, 0.2) is 41.3 Å². The van der Waals surface area contributed by atoms with Crippen LogP contribution in [-0.4, -0.2) is 40.4 Å². The minimum Gasteiger partial charge on any atom is -0.496 e. The Kier molecular flexibility index (Phi) is 6.97. The summed E-state index contributed by atoms with van der Waals surface area (Å²) in [7, 11) is -2.18. The molecule has 2 amide bonds. The molecule has 0 spiro atoms. The molecule has 1 aliphatic carbocycles. The van der Waals surface area contributed by atoms with Gasteiger partial charge in [-0.05, 0) is 74.2 Å². The van der Waals surface area contributed by atoms with Gasteiger partial charge in [0.1, 0.15) is 5.75 Å². The van der Waals surface area contributed by atoms with Gasteiger partial charge in [-0.1, -0.05) is 0 Å². The van der Waals surface area contributed by atoms with Crippen LogP contribution in [0.2, 0.25) is 0 Å². The number of anilines is 1. The number of benzene rings is 2. The Bertz CT molecular complexity index is 1080. The van der Waals surface area contributed by atoms with Gasteiger partial charge in [0, 0.05) is 30.3 Å². The zero-order chi connectivity index (χ0) is 22.6. The van der Waals surface area contributed by atoms with Crippen molar-refractivity contribution < 1.29 is 22.7 Å². The van der Waals surface area contributed by atoms with Crippen LogP contribution in [0.4, 0.5) is 5.69 Å². The Labute approximate surface area is 182 Å². The molecule has 0 radical (unpaired) electrons. The highest BCUT2D eigenvalue weighted by Crippen LogP contribution is 2.30. The summed E-state index contributed by atoms with van der Waals surface area (Å²) in [6, 6.07) is 9.83. The molecule has 1 fully saturated rings. The second kappa shape index (κ2) is 9.49. The van der Waals surface area contributed by atoms with Crippen molar-refractivity contribution in [1.29, 1.82) is 0 Å².